The molecule has 1 fully saturated rings. The van der Waals surface area contributed by atoms with Crippen LogP contribution in [0.5, 0.6) is 0 Å². The summed E-state index contributed by atoms with van der Waals surface area (Å²) < 4.78 is 0. The monoisotopic (exact) mass is 408 g/mol. The highest BCUT2D eigenvalue weighted by Crippen LogP contribution is 2.19. The van der Waals surface area contributed by atoms with Crippen molar-refractivity contribution >= 4 is 33.9 Å². The molecule has 0 spiro atoms. The third-order valence-electron chi connectivity index (χ3n) is 5.15. The number of thiazole rings is 1. The highest BCUT2D eigenvalue weighted by Gasteiger charge is 2.31. The van der Waals surface area contributed by atoms with Crippen LogP contribution >= 0.6 is 11.3 Å². The molecule has 3 aromatic rings. The molecule has 0 saturated carbocycles. The molecule has 2 heterocycles. The summed E-state index contributed by atoms with van der Waals surface area (Å²) in [4.78, 5) is 31.4. The van der Waals surface area contributed by atoms with Crippen molar-refractivity contribution in [3.63, 3.8) is 0 Å². The van der Waals surface area contributed by atoms with Gasteiger partial charge >= 0.3 is 0 Å². The Morgan fingerprint density at radius 3 is 2.90 bits per heavy atom. The number of aromatic nitrogens is 1. The first-order chi connectivity index (χ1) is 14.1. The van der Waals surface area contributed by atoms with E-state index >= 15 is 0 Å². The second-order valence-corrected chi connectivity index (χ2v) is 8.36. The van der Waals surface area contributed by atoms with Gasteiger partial charge in [-0.2, -0.15) is 0 Å². The summed E-state index contributed by atoms with van der Waals surface area (Å²) in [5.74, 6) is -0.224. The largest absolute Gasteiger partial charge is 0.353 e. The van der Waals surface area contributed by atoms with Crippen LogP contribution in [0.25, 0.3) is 10.8 Å². The van der Waals surface area contributed by atoms with Crippen molar-refractivity contribution in [3.8, 4) is 0 Å². The molecular formula is C22H24N4O2S. The van der Waals surface area contributed by atoms with E-state index in [1.807, 2.05) is 24.4 Å². The smallest absolute Gasteiger partial charge is 0.237 e. The number of nitrogens with one attached hydrogen (secondary N) is 2. The van der Waals surface area contributed by atoms with Crippen molar-refractivity contribution in [1.29, 1.82) is 0 Å². The van der Waals surface area contributed by atoms with Crippen molar-refractivity contribution in [1.82, 2.24) is 20.5 Å². The number of benzene rings is 2. The molecule has 1 atom stereocenters. The summed E-state index contributed by atoms with van der Waals surface area (Å²) in [6.45, 7) is 4.29. The van der Waals surface area contributed by atoms with Crippen LogP contribution in [-0.4, -0.2) is 40.8 Å². The lowest BCUT2D eigenvalue weighted by Gasteiger charge is -2.34. The zero-order valence-corrected chi connectivity index (χ0v) is 17.2. The van der Waals surface area contributed by atoms with Gasteiger partial charge in [-0.15, -0.1) is 11.3 Å². The molecule has 2 aromatic carbocycles. The van der Waals surface area contributed by atoms with E-state index in [2.05, 4.69) is 50.8 Å². The minimum atomic E-state index is -0.465. The first kappa shape index (κ1) is 19.5. The predicted octanol–water partition coefficient (Wildman–Crippen LogP) is 2.61. The molecule has 0 aliphatic carbocycles. The predicted molar refractivity (Wildman–Crippen MR) is 114 cm³/mol. The van der Waals surface area contributed by atoms with E-state index in [4.69, 9.17) is 0 Å². The molecule has 6 nitrogen and oxygen atoms in total. The van der Waals surface area contributed by atoms with Crippen LogP contribution in [0.1, 0.15) is 22.7 Å². The summed E-state index contributed by atoms with van der Waals surface area (Å²) in [6.07, 6.45) is 0.141. The number of carbonyl (C=O) groups is 2. The molecule has 1 aromatic heterocycles. The van der Waals surface area contributed by atoms with Gasteiger partial charge in [0.1, 0.15) is 0 Å². The Morgan fingerprint density at radius 1 is 1.28 bits per heavy atom. The maximum Gasteiger partial charge on any atom is 0.237 e. The molecule has 0 radical (unpaired) electrons. The van der Waals surface area contributed by atoms with Gasteiger partial charge in [0.25, 0.3) is 0 Å². The highest BCUT2D eigenvalue weighted by atomic mass is 32.1. The number of nitrogens with zero attached hydrogens (tertiary/aromatic N) is 2. The van der Waals surface area contributed by atoms with Gasteiger partial charge in [-0.05, 0) is 29.3 Å². The number of fused-ring (bicyclic) bond motifs is 1. The van der Waals surface area contributed by atoms with E-state index in [9.17, 15) is 9.59 Å². The van der Waals surface area contributed by atoms with Crippen LogP contribution < -0.4 is 10.6 Å². The molecule has 2 amide bonds. The van der Waals surface area contributed by atoms with Gasteiger partial charge in [0.2, 0.25) is 11.8 Å². The number of hydrogen-bond acceptors (Lipinski definition) is 5. The lowest BCUT2D eigenvalue weighted by Crippen LogP contribution is -2.56. The minimum Gasteiger partial charge on any atom is -0.353 e. The average molecular weight is 409 g/mol. The van der Waals surface area contributed by atoms with Gasteiger partial charge in [-0.25, -0.2) is 4.98 Å². The zero-order chi connectivity index (χ0) is 20.2. The molecule has 1 saturated heterocycles. The minimum absolute atomic E-state index is 0.0864. The maximum atomic E-state index is 12.5. The number of aryl methyl sites for hydroxylation is 1. The fourth-order valence-corrected chi connectivity index (χ4v) is 4.28. The van der Waals surface area contributed by atoms with Gasteiger partial charge in [0.05, 0.1) is 29.7 Å². The van der Waals surface area contributed by atoms with E-state index in [1.54, 1.807) is 11.3 Å². The molecule has 7 heteroatoms. The Morgan fingerprint density at radius 2 is 2.10 bits per heavy atom. The van der Waals surface area contributed by atoms with Crippen molar-refractivity contribution in [3.05, 3.63) is 64.1 Å². The summed E-state index contributed by atoms with van der Waals surface area (Å²) in [5.41, 5.74) is 1.99. The molecule has 4 rings (SSSR count). The van der Waals surface area contributed by atoms with Crippen LogP contribution in [0, 0.1) is 6.92 Å². The average Bonchev–Trinajstić information content (AvgIpc) is 3.14. The van der Waals surface area contributed by atoms with E-state index in [-0.39, 0.29) is 18.2 Å². The number of amides is 2. The zero-order valence-electron chi connectivity index (χ0n) is 16.4. The SMILES string of the molecule is Cc1nc(CNC(=O)CC2C(=O)NCCN2Cc2ccc3ccccc3c2)cs1. The number of carbonyl (C=O) groups excluding carboxylic acids is 2. The second kappa shape index (κ2) is 8.71. The highest BCUT2D eigenvalue weighted by molar-refractivity contribution is 7.09. The molecule has 0 bridgehead atoms. The third kappa shape index (κ3) is 4.81. The fourth-order valence-electron chi connectivity index (χ4n) is 3.67. The fraction of sp³-hybridized carbons (Fsp3) is 0.318. The Hall–Kier alpha value is -2.77. The van der Waals surface area contributed by atoms with Gasteiger partial charge in [0, 0.05) is 25.0 Å². The molecule has 2 N–H and O–H groups in total. The maximum absolute atomic E-state index is 12.5. The molecule has 1 aliphatic heterocycles. The van der Waals surface area contributed by atoms with E-state index in [0.29, 0.717) is 19.6 Å². The molecule has 1 unspecified atom stereocenters. The number of piperazine rings is 1. The lowest BCUT2D eigenvalue weighted by atomic mass is 10.0. The number of rotatable bonds is 6. The van der Waals surface area contributed by atoms with Gasteiger partial charge in [-0.3, -0.25) is 14.5 Å². The third-order valence-corrected chi connectivity index (χ3v) is 5.98. The Balaban J connectivity index is 1.41. The van der Waals surface area contributed by atoms with Gasteiger partial charge < -0.3 is 10.6 Å². The van der Waals surface area contributed by atoms with Crippen molar-refractivity contribution in [2.75, 3.05) is 13.1 Å². The molecule has 29 heavy (non-hydrogen) atoms. The van der Waals surface area contributed by atoms with Crippen molar-refractivity contribution < 1.29 is 9.59 Å². The van der Waals surface area contributed by atoms with Crippen LogP contribution in [-0.2, 0) is 22.7 Å². The molecule has 150 valence electrons. The summed E-state index contributed by atoms with van der Waals surface area (Å²) in [5, 5.41) is 11.1. The van der Waals surface area contributed by atoms with Gasteiger partial charge in [0.15, 0.2) is 0 Å². The molecular weight excluding hydrogens is 384 g/mol. The van der Waals surface area contributed by atoms with E-state index < -0.39 is 6.04 Å². The normalized spacial score (nSPS) is 17.3. The lowest BCUT2D eigenvalue weighted by molar-refractivity contribution is -0.134. The topological polar surface area (TPSA) is 74.3 Å². The second-order valence-electron chi connectivity index (χ2n) is 7.30. The summed E-state index contributed by atoms with van der Waals surface area (Å²) in [7, 11) is 0. The van der Waals surface area contributed by atoms with Gasteiger partial charge in [-0.1, -0.05) is 36.4 Å². The quantitative estimate of drug-likeness (QED) is 0.658. The van der Waals surface area contributed by atoms with Crippen LogP contribution in [0.3, 0.4) is 0 Å². The Labute approximate surface area is 173 Å². The van der Waals surface area contributed by atoms with Crippen LogP contribution in [0.2, 0.25) is 0 Å². The number of hydrogen-bond donors (Lipinski definition) is 2. The molecule has 1 aliphatic rings. The first-order valence-corrected chi connectivity index (χ1v) is 10.6. The van der Waals surface area contributed by atoms with E-state index in [1.165, 1.54) is 10.8 Å². The summed E-state index contributed by atoms with van der Waals surface area (Å²) >= 11 is 1.56. The van der Waals surface area contributed by atoms with Crippen molar-refractivity contribution in [2.45, 2.75) is 32.5 Å². The van der Waals surface area contributed by atoms with Crippen LogP contribution in [0.4, 0.5) is 0 Å². The standard InChI is InChI=1S/C22H24N4O2S/c1-15-25-19(14-29-15)12-24-21(27)11-20-22(28)23-8-9-26(20)13-16-6-7-17-4-2-3-5-18(17)10-16/h2-7,10,14,20H,8-9,11-13H2,1H3,(H,23,28)(H,24,27). The Kier molecular flexibility index (Phi) is 5.87. The van der Waals surface area contributed by atoms with E-state index in [0.717, 1.165) is 22.8 Å². The van der Waals surface area contributed by atoms with Crippen molar-refractivity contribution in [2.24, 2.45) is 0 Å². The Bertz CT molecular complexity index is 1030. The van der Waals surface area contributed by atoms with Crippen LogP contribution in [0.15, 0.2) is 47.8 Å². The summed E-state index contributed by atoms with van der Waals surface area (Å²) in [6, 6.07) is 14.1. The first-order valence-electron chi connectivity index (χ1n) is 9.75.